The molecule has 0 atom stereocenters. The molecule has 0 fully saturated rings. The number of hydrogen-bond acceptors (Lipinski definition) is 5. The summed E-state index contributed by atoms with van der Waals surface area (Å²) in [5.74, 6) is -0.489. The first kappa shape index (κ1) is 20.9. The van der Waals surface area contributed by atoms with Crippen LogP contribution < -0.4 is 16.0 Å². The highest BCUT2D eigenvalue weighted by Gasteiger charge is 2.15. The van der Waals surface area contributed by atoms with Crippen LogP contribution in [-0.4, -0.2) is 35.0 Å². The molecule has 0 aliphatic rings. The molecule has 1 aromatic carbocycles. The third-order valence-corrected chi connectivity index (χ3v) is 3.39. The van der Waals surface area contributed by atoms with E-state index in [1.165, 1.54) is 0 Å². The minimum absolute atomic E-state index is 0.111. The molecule has 28 heavy (non-hydrogen) atoms. The zero-order chi connectivity index (χ0) is 20.6. The van der Waals surface area contributed by atoms with Crippen LogP contribution in [0, 0.1) is 0 Å². The molecule has 1 heterocycles. The maximum Gasteiger partial charge on any atom is 0.407 e. The standard InChI is InChI=1S/C20H24N4O4/c1-20(2,3)28-19(27)22-13-10-17(25)23-15-4-6-16(7-5-15)24-18(26)14-8-11-21-12-9-14/h4-9,11-12H,10,13H2,1-3H3,(H,22,27)(H,23,25)(H,24,26). The van der Waals surface area contributed by atoms with Gasteiger partial charge in [-0.1, -0.05) is 0 Å². The highest BCUT2D eigenvalue weighted by Crippen LogP contribution is 2.15. The van der Waals surface area contributed by atoms with Crippen molar-refractivity contribution in [2.24, 2.45) is 0 Å². The summed E-state index contributed by atoms with van der Waals surface area (Å²) in [6, 6.07) is 9.98. The fourth-order valence-electron chi connectivity index (χ4n) is 2.16. The van der Waals surface area contributed by atoms with E-state index in [0.717, 1.165) is 0 Å². The second-order valence-electron chi connectivity index (χ2n) is 6.99. The van der Waals surface area contributed by atoms with Crippen molar-refractivity contribution in [3.8, 4) is 0 Å². The molecule has 8 heteroatoms. The maximum atomic E-state index is 12.1. The number of nitrogens with zero attached hydrogens (tertiary/aromatic N) is 1. The summed E-state index contributed by atoms with van der Waals surface area (Å²) in [7, 11) is 0. The number of pyridine rings is 1. The Kier molecular flexibility index (Phi) is 7.08. The van der Waals surface area contributed by atoms with Gasteiger partial charge in [0.2, 0.25) is 5.91 Å². The molecule has 8 nitrogen and oxygen atoms in total. The topological polar surface area (TPSA) is 109 Å². The Morgan fingerprint density at radius 1 is 0.929 bits per heavy atom. The quantitative estimate of drug-likeness (QED) is 0.709. The first-order chi connectivity index (χ1) is 13.2. The number of rotatable bonds is 6. The lowest BCUT2D eigenvalue weighted by Crippen LogP contribution is -2.34. The Labute approximate surface area is 163 Å². The van der Waals surface area contributed by atoms with Crippen molar-refractivity contribution < 1.29 is 19.1 Å². The third-order valence-electron chi connectivity index (χ3n) is 3.39. The van der Waals surface area contributed by atoms with Crippen LogP contribution in [0.5, 0.6) is 0 Å². The number of carbonyl (C=O) groups excluding carboxylic acids is 3. The summed E-state index contributed by atoms with van der Waals surface area (Å²) < 4.78 is 5.09. The Balaban J connectivity index is 1.76. The Bertz CT molecular complexity index is 814. The maximum absolute atomic E-state index is 12.1. The number of aromatic nitrogens is 1. The van der Waals surface area contributed by atoms with Crippen molar-refractivity contribution in [3.63, 3.8) is 0 Å². The molecule has 2 rings (SSSR count). The zero-order valence-corrected chi connectivity index (χ0v) is 16.1. The van der Waals surface area contributed by atoms with Gasteiger partial charge in [0.05, 0.1) is 0 Å². The highest BCUT2D eigenvalue weighted by atomic mass is 16.6. The van der Waals surface area contributed by atoms with Crippen molar-refractivity contribution in [1.29, 1.82) is 0 Å². The number of ether oxygens (including phenoxy) is 1. The molecule has 0 aliphatic heterocycles. The summed E-state index contributed by atoms with van der Waals surface area (Å²) in [6.07, 6.45) is 2.64. The molecule has 3 N–H and O–H groups in total. The lowest BCUT2D eigenvalue weighted by Gasteiger charge is -2.19. The van der Waals surface area contributed by atoms with Gasteiger partial charge >= 0.3 is 6.09 Å². The molecule has 0 spiro atoms. The Morgan fingerprint density at radius 2 is 1.50 bits per heavy atom. The van der Waals surface area contributed by atoms with Crippen LogP contribution in [0.1, 0.15) is 37.6 Å². The number of hydrogen-bond donors (Lipinski definition) is 3. The summed E-state index contributed by atoms with van der Waals surface area (Å²) in [6.45, 7) is 5.47. The van der Waals surface area contributed by atoms with Gasteiger partial charge in [-0.3, -0.25) is 14.6 Å². The average molecular weight is 384 g/mol. The van der Waals surface area contributed by atoms with Gasteiger partial charge in [0.1, 0.15) is 5.60 Å². The van der Waals surface area contributed by atoms with Gasteiger partial charge in [0.15, 0.2) is 0 Å². The number of amides is 3. The van der Waals surface area contributed by atoms with Crippen molar-refractivity contribution in [2.75, 3.05) is 17.2 Å². The SMILES string of the molecule is CC(C)(C)OC(=O)NCCC(=O)Nc1ccc(NC(=O)c2ccncc2)cc1. The van der Waals surface area contributed by atoms with E-state index in [1.54, 1.807) is 69.6 Å². The molecule has 148 valence electrons. The molecule has 0 radical (unpaired) electrons. The second-order valence-corrected chi connectivity index (χ2v) is 6.99. The fraction of sp³-hybridized carbons (Fsp3) is 0.300. The van der Waals surface area contributed by atoms with Crippen LogP contribution in [0.4, 0.5) is 16.2 Å². The Hall–Kier alpha value is -3.42. The average Bonchev–Trinajstić information content (AvgIpc) is 2.62. The monoisotopic (exact) mass is 384 g/mol. The van der Waals surface area contributed by atoms with Crippen molar-refractivity contribution in [2.45, 2.75) is 32.8 Å². The zero-order valence-electron chi connectivity index (χ0n) is 16.1. The smallest absolute Gasteiger partial charge is 0.407 e. The van der Waals surface area contributed by atoms with Crippen LogP contribution in [-0.2, 0) is 9.53 Å². The molecule has 1 aromatic heterocycles. The van der Waals surface area contributed by atoms with Crippen LogP contribution in [0.3, 0.4) is 0 Å². The van der Waals surface area contributed by atoms with E-state index in [0.29, 0.717) is 16.9 Å². The third kappa shape index (κ3) is 7.45. The van der Waals surface area contributed by atoms with Gasteiger partial charge in [0, 0.05) is 42.3 Å². The molecule has 3 amide bonds. The normalized spacial score (nSPS) is 10.7. The molecular weight excluding hydrogens is 360 g/mol. The van der Waals surface area contributed by atoms with E-state index in [4.69, 9.17) is 4.74 Å². The summed E-state index contributed by atoms with van der Waals surface area (Å²) in [5.41, 5.74) is 1.11. The molecule has 0 saturated carbocycles. The largest absolute Gasteiger partial charge is 0.444 e. The number of nitrogens with one attached hydrogen (secondary N) is 3. The summed E-state index contributed by atoms with van der Waals surface area (Å²) >= 11 is 0. The van der Waals surface area contributed by atoms with Gasteiger partial charge in [0.25, 0.3) is 5.91 Å². The van der Waals surface area contributed by atoms with Gasteiger partial charge in [-0.15, -0.1) is 0 Å². The minimum atomic E-state index is -0.582. The second kappa shape index (κ2) is 9.50. The van der Waals surface area contributed by atoms with Gasteiger partial charge in [-0.25, -0.2) is 4.79 Å². The van der Waals surface area contributed by atoms with Gasteiger partial charge < -0.3 is 20.7 Å². The molecule has 2 aromatic rings. The predicted molar refractivity (Wildman–Crippen MR) is 106 cm³/mol. The minimum Gasteiger partial charge on any atom is -0.444 e. The van der Waals surface area contributed by atoms with E-state index < -0.39 is 11.7 Å². The number of alkyl carbamates (subject to hydrolysis) is 1. The number of benzene rings is 1. The van der Waals surface area contributed by atoms with Crippen LogP contribution in [0.2, 0.25) is 0 Å². The van der Waals surface area contributed by atoms with E-state index in [1.807, 2.05) is 0 Å². The highest BCUT2D eigenvalue weighted by molar-refractivity contribution is 6.04. The van der Waals surface area contributed by atoms with E-state index >= 15 is 0 Å². The number of anilines is 2. The number of carbonyl (C=O) groups is 3. The molecule has 0 unspecified atom stereocenters. The lowest BCUT2D eigenvalue weighted by atomic mass is 10.2. The summed E-state index contributed by atoms with van der Waals surface area (Å²) in [4.78, 5) is 39.4. The lowest BCUT2D eigenvalue weighted by molar-refractivity contribution is -0.116. The van der Waals surface area contributed by atoms with Crippen LogP contribution >= 0.6 is 0 Å². The molecule has 0 aliphatic carbocycles. The predicted octanol–water partition coefficient (Wildman–Crippen LogP) is 3.19. The summed E-state index contributed by atoms with van der Waals surface area (Å²) in [5, 5.41) is 8.02. The van der Waals surface area contributed by atoms with E-state index in [2.05, 4.69) is 20.9 Å². The van der Waals surface area contributed by atoms with Crippen molar-refractivity contribution in [1.82, 2.24) is 10.3 Å². The Morgan fingerprint density at radius 3 is 2.07 bits per heavy atom. The first-order valence-electron chi connectivity index (χ1n) is 8.81. The molecule has 0 bridgehead atoms. The van der Waals surface area contributed by atoms with E-state index in [-0.39, 0.29) is 24.8 Å². The van der Waals surface area contributed by atoms with Gasteiger partial charge in [-0.05, 0) is 57.2 Å². The van der Waals surface area contributed by atoms with E-state index in [9.17, 15) is 14.4 Å². The molecular formula is C20H24N4O4. The van der Waals surface area contributed by atoms with Crippen LogP contribution in [0.15, 0.2) is 48.8 Å². The van der Waals surface area contributed by atoms with Gasteiger partial charge in [-0.2, -0.15) is 0 Å². The first-order valence-corrected chi connectivity index (χ1v) is 8.81. The molecule has 0 saturated heterocycles. The van der Waals surface area contributed by atoms with Crippen LogP contribution in [0.25, 0.3) is 0 Å². The van der Waals surface area contributed by atoms with Crippen molar-refractivity contribution in [3.05, 3.63) is 54.4 Å². The fourth-order valence-corrected chi connectivity index (χ4v) is 2.16. The van der Waals surface area contributed by atoms with Crippen molar-refractivity contribution >= 4 is 29.3 Å².